The summed E-state index contributed by atoms with van der Waals surface area (Å²) in [5, 5.41) is 39.2. The monoisotopic (exact) mass is 516 g/mol. The summed E-state index contributed by atoms with van der Waals surface area (Å²) in [6.07, 6.45) is -5.11. The lowest BCUT2D eigenvalue weighted by Crippen LogP contribution is -2.50. The van der Waals surface area contributed by atoms with E-state index in [2.05, 4.69) is 25.8 Å². The number of amidine groups is 1. The normalized spacial score (nSPS) is 19.9. The van der Waals surface area contributed by atoms with E-state index in [9.17, 15) is 18.3 Å². The molecule has 0 spiro atoms. The summed E-state index contributed by atoms with van der Waals surface area (Å²) in [6.45, 7) is 10.4. The van der Waals surface area contributed by atoms with Crippen LogP contribution in [0, 0.1) is 0 Å². The fraction of sp³-hybridized carbons (Fsp3) is 0.583. The highest BCUT2D eigenvalue weighted by atomic mass is 19.4. The first-order valence-corrected chi connectivity index (χ1v) is 12.1. The first-order valence-electron chi connectivity index (χ1n) is 12.1. The number of H-pyrrole nitrogens is 1. The van der Waals surface area contributed by atoms with E-state index >= 15 is 0 Å². The average molecular weight is 517 g/mol. The van der Waals surface area contributed by atoms with Gasteiger partial charge in [-0.2, -0.15) is 18.3 Å². The van der Waals surface area contributed by atoms with Crippen molar-refractivity contribution >= 4 is 17.2 Å². The first-order chi connectivity index (χ1) is 17.3. The van der Waals surface area contributed by atoms with Crippen LogP contribution in [0.2, 0.25) is 0 Å². The number of hydrogen-bond donors (Lipinski definition) is 6. The zero-order valence-electron chi connectivity index (χ0n) is 21.7. The minimum atomic E-state index is -4.46. The molecule has 3 heterocycles. The lowest BCUT2D eigenvalue weighted by molar-refractivity contribution is -0.137. The SMILES string of the molecule is CC.CC.CC(O)c1cc(C2CNC3C(=NCCCO)Nc4cc(C(F)(F)F)ccc4N32)[nH]n1.CO. The van der Waals surface area contributed by atoms with Gasteiger partial charge in [0.2, 0.25) is 0 Å². The number of aliphatic hydroxyl groups excluding tert-OH is 3. The van der Waals surface area contributed by atoms with Gasteiger partial charge in [0, 0.05) is 26.8 Å². The largest absolute Gasteiger partial charge is 0.416 e. The highest BCUT2D eigenvalue weighted by molar-refractivity contribution is 6.07. The molecule has 204 valence electrons. The van der Waals surface area contributed by atoms with E-state index in [4.69, 9.17) is 10.2 Å². The van der Waals surface area contributed by atoms with Crippen molar-refractivity contribution in [2.45, 2.75) is 65.5 Å². The van der Waals surface area contributed by atoms with Crippen LogP contribution >= 0.6 is 0 Å². The molecule has 1 saturated heterocycles. The van der Waals surface area contributed by atoms with Crippen LogP contribution < -0.4 is 15.5 Å². The Kier molecular flexibility index (Phi) is 12.9. The van der Waals surface area contributed by atoms with Crippen molar-refractivity contribution in [2.75, 3.05) is 37.0 Å². The van der Waals surface area contributed by atoms with Crippen LogP contribution in [0.5, 0.6) is 0 Å². The fourth-order valence-corrected chi connectivity index (χ4v) is 3.77. The third-order valence-corrected chi connectivity index (χ3v) is 5.25. The fourth-order valence-electron chi connectivity index (χ4n) is 3.77. The topological polar surface area (TPSA) is 129 Å². The number of aliphatic imine (C=N–C) groups is 1. The van der Waals surface area contributed by atoms with Crippen LogP contribution in [0.15, 0.2) is 29.3 Å². The van der Waals surface area contributed by atoms with Gasteiger partial charge >= 0.3 is 6.18 Å². The van der Waals surface area contributed by atoms with Gasteiger partial charge in [-0.05, 0) is 37.6 Å². The number of hydrogen-bond acceptors (Lipinski definition) is 7. The molecule has 0 saturated carbocycles. The van der Waals surface area contributed by atoms with Crippen LogP contribution in [0.25, 0.3) is 0 Å². The van der Waals surface area contributed by atoms with Crippen LogP contribution in [0.4, 0.5) is 24.5 Å². The molecule has 12 heteroatoms. The van der Waals surface area contributed by atoms with E-state index in [0.29, 0.717) is 42.4 Å². The standard InChI is InChI=1S/C19H23F3N6O2.2C2H6.CH4O/c1-10(30)12-8-14(27-26-12)16-9-24-18-17(23-5-2-6-29)25-13-7-11(19(20,21)22)3-4-15(13)28(16)18;3*1-2/h3-4,7-8,10,16,18,24,29-30H,2,5-6,9H2,1H3,(H,23,25)(H,26,27);2*1-2H3;2H,1H3. The molecular formula is C24H39F3N6O3. The number of benzene rings is 1. The van der Waals surface area contributed by atoms with Crippen molar-refractivity contribution in [2.24, 2.45) is 4.99 Å². The van der Waals surface area contributed by atoms with Gasteiger partial charge in [0.25, 0.3) is 0 Å². The molecule has 2 aliphatic rings. The number of halogens is 3. The third kappa shape index (κ3) is 7.19. The Morgan fingerprint density at radius 3 is 2.39 bits per heavy atom. The molecule has 0 bridgehead atoms. The summed E-state index contributed by atoms with van der Waals surface area (Å²) in [4.78, 5) is 6.42. The van der Waals surface area contributed by atoms with E-state index in [1.807, 2.05) is 32.6 Å². The molecule has 3 unspecified atom stereocenters. The second-order valence-corrected chi connectivity index (χ2v) is 7.36. The van der Waals surface area contributed by atoms with Crippen molar-refractivity contribution < 1.29 is 28.5 Å². The Balaban J connectivity index is 0.00000101. The maximum atomic E-state index is 13.2. The summed E-state index contributed by atoms with van der Waals surface area (Å²) in [6, 6.07) is 5.12. The Morgan fingerprint density at radius 2 is 1.83 bits per heavy atom. The van der Waals surface area contributed by atoms with Crippen molar-refractivity contribution in [3.05, 3.63) is 41.2 Å². The Hall–Kier alpha value is -2.67. The molecule has 0 radical (unpaired) electrons. The number of rotatable bonds is 5. The molecule has 4 rings (SSSR count). The predicted molar refractivity (Wildman–Crippen MR) is 136 cm³/mol. The van der Waals surface area contributed by atoms with Crippen molar-refractivity contribution in [3.63, 3.8) is 0 Å². The summed E-state index contributed by atoms with van der Waals surface area (Å²) in [5.41, 5.74) is 1.41. The van der Waals surface area contributed by atoms with Gasteiger partial charge in [0.15, 0.2) is 0 Å². The lowest BCUT2D eigenvalue weighted by Gasteiger charge is -2.38. The minimum Gasteiger partial charge on any atom is -0.400 e. The van der Waals surface area contributed by atoms with E-state index in [1.54, 1.807) is 13.0 Å². The number of nitrogens with one attached hydrogen (secondary N) is 3. The zero-order valence-corrected chi connectivity index (χ0v) is 21.7. The quantitative estimate of drug-likeness (QED) is 0.333. The molecule has 2 aliphatic heterocycles. The highest BCUT2D eigenvalue weighted by Gasteiger charge is 2.43. The molecule has 2 aromatic rings. The molecule has 0 aliphatic carbocycles. The Bertz CT molecular complexity index is 949. The highest BCUT2D eigenvalue weighted by Crippen LogP contribution is 2.43. The van der Waals surface area contributed by atoms with Crippen molar-refractivity contribution in [3.8, 4) is 0 Å². The molecule has 6 N–H and O–H groups in total. The van der Waals surface area contributed by atoms with E-state index < -0.39 is 17.8 Å². The average Bonchev–Trinajstić information content (AvgIpc) is 3.55. The van der Waals surface area contributed by atoms with Gasteiger partial charge in [-0.3, -0.25) is 15.4 Å². The number of alkyl halides is 3. The number of nitrogens with zero attached hydrogens (tertiary/aromatic N) is 3. The Labute approximate surface area is 210 Å². The molecule has 1 aromatic heterocycles. The first kappa shape index (κ1) is 31.4. The Morgan fingerprint density at radius 1 is 1.17 bits per heavy atom. The number of aromatic nitrogens is 2. The van der Waals surface area contributed by atoms with Crippen molar-refractivity contribution in [1.29, 1.82) is 0 Å². The molecule has 1 aromatic carbocycles. The van der Waals surface area contributed by atoms with Crippen LogP contribution in [0.3, 0.4) is 0 Å². The summed E-state index contributed by atoms with van der Waals surface area (Å²) >= 11 is 0. The van der Waals surface area contributed by atoms with Crippen LogP contribution in [0.1, 0.15) is 70.1 Å². The van der Waals surface area contributed by atoms with Gasteiger partial charge in [-0.1, -0.05) is 27.7 Å². The second kappa shape index (κ2) is 14.8. The lowest BCUT2D eigenvalue weighted by atomic mass is 10.1. The molecule has 1 fully saturated rings. The second-order valence-electron chi connectivity index (χ2n) is 7.36. The summed E-state index contributed by atoms with van der Waals surface area (Å²) in [5.74, 6) is 0.494. The molecular weight excluding hydrogens is 477 g/mol. The number of aromatic amines is 1. The van der Waals surface area contributed by atoms with Gasteiger partial charge < -0.3 is 25.5 Å². The molecule has 9 nitrogen and oxygen atoms in total. The summed E-state index contributed by atoms with van der Waals surface area (Å²) in [7, 11) is 1.00. The van der Waals surface area contributed by atoms with Crippen LogP contribution in [-0.4, -0.2) is 64.3 Å². The van der Waals surface area contributed by atoms with Gasteiger partial charge in [0.05, 0.1) is 40.5 Å². The van der Waals surface area contributed by atoms with Gasteiger partial charge in [-0.25, -0.2) is 0 Å². The predicted octanol–water partition coefficient (Wildman–Crippen LogP) is 3.83. The van der Waals surface area contributed by atoms with E-state index in [0.717, 1.165) is 24.9 Å². The molecule has 0 amide bonds. The molecule has 3 atom stereocenters. The number of fused-ring (bicyclic) bond motifs is 3. The van der Waals surface area contributed by atoms with Crippen LogP contribution in [-0.2, 0) is 6.18 Å². The van der Waals surface area contributed by atoms with Crippen molar-refractivity contribution in [1.82, 2.24) is 15.5 Å². The van der Waals surface area contributed by atoms with Gasteiger partial charge in [-0.15, -0.1) is 0 Å². The summed E-state index contributed by atoms with van der Waals surface area (Å²) < 4.78 is 39.7. The maximum Gasteiger partial charge on any atom is 0.416 e. The minimum absolute atomic E-state index is 0.0215. The number of aliphatic hydroxyl groups is 3. The smallest absolute Gasteiger partial charge is 0.400 e. The molecule has 36 heavy (non-hydrogen) atoms. The maximum absolute atomic E-state index is 13.2. The van der Waals surface area contributed by atoms with E-state index in [1.165, 1.54) is 6.07 Å². The zero-order chi connectivity index (χ0) is 27.5. The van der Waals surface area contributed by atoms with Gasteiger partial charge in [0.1, 0.15) is 12.0 Å². The number of anilines is 2. The third-order valence-electron chi connectivity index (χ3n) is 5.25. The van der Waals surface area contributed by atoms with E-state index in [-0.39, 0.29) is 18.8 Å².